The molecule has 0 saturated heterocycles. The summed E-state index contributed by atoms with van der Waals surface area (Å²) in [5.74, 6) is -0.425. The summed E-state index contributed by atoms with van der Waals surface area (Å²) in [6, 6.07) is 3.59. The van der Waals surface area contributed by atoms with Crippen molar-refractivity contribution in [2.24, 2.45) is 5.10 Å². The third-order valence-corrected chi connectivity index (χ3v) is 4.34. The average molecular weight is 398 g/mol. The van der Waals surface area contributed by atoms with E-state index in [1.807, 2.05) is 13.8 Å². The van der Waals surface area contributed by atoms with Crippen molar-refractivity contribution in [3.8, 4) is 5.82 Å². The Balaban J connectivity index is 1.93. The zero-order chi connectivity index (χ0) is 20.8. The summed E-state index contributed by atoms with van der Waals surface area (Å²) in [6.07, 6.45) is 3.30. The first kappa shape index (κ1) is 20.1. The van der Waals surface area contributed by atoms with E-state index in [1.54, 1.807) is 31.5 Å². The molecule has 0 aliphatic heterocycles. The van der Waals surface area contributed by atoms with Gasteiger partial charge < -0.3 is 5.73 Å². The highest BCUT2D eigenvalue weighted by Gasteiger charge is 2.25. The Morgan fingerprint density at radius 3 is 2.62 bits per heavy atom. The van der Waals surface area contributed by atoms with Crippen LogP contribution >= 0.6 is 0 Å². The summed E-state index contributed by atoms with van der Waals surface area (Å²) in [7, 11) is 0. The van der Waals surface area contributed by atoms with Crippen molar-refractivity contribution in [2.75, 3.05) is 18.8 Å². The number of carbonyl (C=O) groups excluding carboxylic acids is 1. The number of nitrogen functional groups attached to an aromatic ring is 1. The summed E-state index contributed by atoms with van der Waals surface area (Å²) < 4.78 is 5.84. The third kappa shape index (κ3) is 4.43. The van der Waals surface area contributed by atoms with Gasteiger partial charge in [-0.2, -0.15) is 9.78 Å². The molecule has 3 N–H and O–H groups in total. The van der Waals surface area contributed by atoms with Gasteiger partial charge in [0.15, 0.2) is 5.69 Å². The molecule has 12 nitrogen and oxygen atoms in total. The number of nitrogens with one attached hydrogen (secondary N) is 1. The zero-order valence-corrected chi connectivity index (χ0v) is 16.4. The lowest BCUT2D eigenvalue weighted by molar-refractivity contribution is 0.0944. The predicted octanol–water partition coefficient (Wildman–Crippen LogP) is 0.623. The maximum atomic E-state index is 13.0. The minimum atomic E-state index is -0.507. The van der Waals surface area contributed by atoms with Gasteiger partial charge >= 0.3 is 0 Å². The molecule has 3 rings (SSSR count). The summed E-state index contributed by atoms with van der Waals surface area (Å²) in [5.41, 5.74) is 10.4. The summed E-state index contributed by atoms with van der Waals surface area (Å²) in [5, 5.41) is 19.6. The molecule has 0 atom stereocenters. The smallest absolute Gasteiger partial charge is 0.292 e. The van der Waals surface area contributed by atoms with Crippen molar-refractivity contribution in [1.29, 1.82) is 0 Å². The molecule has 0 spiro atoms. The Hall–Kier alpha value is -3.67. The second kappa shape index (κ2) is 9.01. The van der Waals surface area contributed by atoms with Crippen LogP contribution < -0.4 is 11.2 Å². The molecule has 3 heterocycles. The van der Waals surface area contributed by atoms with Crippen LogP contribution in [0, 0.1) is 0 Å². The lowest BCUT2D eigenvalue weighted by Crippen LogP contribution is -2.27. The van der Waals surface area contributed by atoms with E-state index in [0.717, 1.165) is 18.7 Å². The number of aromatic nitrogens is 6. The van der Waals surface area contributed by atoms with Crippen LogP contribution in [0.15, 0.2) is 34.3 Å². The Morgan fingerprint density at radius 2 is 2.00 bits per heavy atom. The van der Waals surface area contributed by atoms with E-state index >= 15 is 0 Å². The number of hydrogen-bond acceptors (Lipinski definition) is 10. The molecule has 1 amide bonds. The molecule has 0 radical (unpaired) electrons. The Kier molecular flexibility index (Phi) is 6.24. The van der Waals surface area contributed by atoms with Crippen LogP contribution in [-0.4, -0.2) is 59.9 Å². The van der Waals surface area contributed by atoms with Crippen molar-refractivity contribution in [1.82, 2.24) is 40.6 Å². The number of hydrogen-bond donors (Lipinski definition) is 2. The molecule has 0 aliphatic carbocycles. The van der Waals surface area contributed by atoms with Crippen LogP contribution in [0.25, 0.3) is 5.82 Å². The molecular formula is C17H22N10O2. The van der Waals surface area contributed by atoms with Crippen molar-refractivity contribution < 1.29 is 9.42 Å². The first-order valence-electron chi connectivity index (χ1n) is 9.05. The fourth-order valence-electron chi connectivity index (χ4n) is 2.64. The molecule has 0 unspecified atom stereocenters. The summed E-state index contributed by atoms with van der Waals surface area (Å²) in [4.78, 5) is 19.0. The molecule has 12 heteroatoms. The van der Waals surface area contributed by atoms with Gasteiger partial charge in [-0.15, -0.1) is 5.10 Å². The first-order chi connectivity index (χ1) is 14.0. The number of nitrogens with two attached hydrogens (primary N) is 1. The van der Waals surface area contributed by atoms with Gasteiger partial charge in [0.25, 0.3) is 5.91 Å². The maximum absolute atomic E-state index is 13.0. The Morgan fingerprint density at radius 1 is 1.28 bits per heavy atom. The molecule has 3 aromatic rings. The number of amides is 1. The van der Waals surface area contributed by atoms with Crippen molar-refractivity contribution in [3.63, 3.8) is 0 Å². The van der Waals surface area contributed by atoms with E-state index in [1.165, 1.54) is 4.68 Å². The highest BCUT2D eigenvalue weighted by molar-refractivity contribution is 6.00. The topological polar surface area (TPSA) is 153 Å². The standard InChI is InChI=1S/C17H22N10O2/c1-4-26(5-2)10-13-14(27(25-21-13)16-15(18)23-29-24-16)17(28)22-20-11(3)12-6-8-19-9-7-12/h6-9H,4-5,10H2,1-3H3,(H2,18,23)(H,22,28)/b20-11-. The van der Waals surface area contributed by atoms with Crippen LogP contribution in [0.5, 0.6) is 0 Å². The van der Waals surface area contributed by atoms with Crippen LogP contribution in [0.4, 0.5) is 5.82 Å². The van der Waals surface area contributed by atoms with Gasteiger partial charge in [-0.3, -0.25) is 14.7 Å². The van der Waals surface area contributed by atoms with Crippen LogP contribution in [0.3, 0.4) is 0 Å². The van der Waals surface area contributed by atoms with E-state index in [2.05, 4.69) is 45.7 Å². The molecule has 0 aromatic carbocycles. The predicted molar refractivity (Wildman–Crippen MR) is 104 cm³/mol. The van der Waals surface area contributed by atoms with E-state index in [-0.39, 0.29) is 17.3 Å². The molecule has 0 saturated carbocycles. The summed E-state index contributed by atoms with van der Waals surface area (Å²) >= 11 is 0. The lowest BCUT2D eigenvalue weighted by atomic mass is 10.2. The number of nitrogens with zero attached hydrogens (tertiary/aromatic N) is 8. The highest BCUT2D eigenvalue weighted by atomic mass is 16.6. The van der Waals surface area contributed by atoms with Crippen LogP contribution in [-0.2, 0) is 6.54 Å². The number of carbonyl (C=O) groups is 1. The second-order valence-electron chi connectivity index (χ2n) is 6.11. The number of hydrazone groups is 1. The highest BCUT2D eigenvalue weighted by Crippen LogP contribution is 2.17. The second-order valence-corrected chi connectivity index (χ2v) is 6.11. The van der Waals surface area contributed by atoms with E-state index in [4.69, 9.17) is 5.73 Å². The van der Waals surface area contributed by atoms with Gasteiger partial charge in [0.05, 0.1) is 5.71 Å². The number of anilines is 1. The average Bonchev–Trinajstić information content (AvgIpc) is 3.36. The fraction of sp³-hybridized carbons (Fsp3) is 0.353. The third-order valence-electron chi connectivity index (χ3n) is 4.34. The van der Waals surface area contributed by atoms with Gasteiger partial charge in [0.1, 0.15) is 5.69 Å². The van der Waals surface area contributed by atoms with Gasteiger partial charge in [-0.1, -0.05) is 19.1 Å². The minimum Gasteiger partial charge on any atom is -0.378 e. The molecule has 3 aromatic heterocycles. The normalized spacial score (nSPS) is 11.8. The van der Waals surface area contributed by atoms with Gasteiger partial charge in [0, 0.05) is 24.5 Å². The maximum Gasteiger partial charge on any atom is 0.292 e. The quantitative estimate of drug-likeness (QED) is 0.410. The molecule has 0 bridgehead atoms. The van der Waals surface area contributed by atoms with E-state index < -0.39 is 5.91 Å². The van der Waals surface area contributed by atoms with Crippen molar-refractivity contribution in [2.45, 2.75) is 27.3 Å². The molecule has 29 heavy (non-hydrogen) atoms. The summed E-state index contributed by atoms with van der Waals surface area (Å²) in [6.45, 7) is 7.83. The van der Waals surface area contributed by atoms with Gasteiger partial charge in [-0.05, 0) is 42.5 Å². The monoisotopic (exact) mass is 398 g/mol. The SMILES string of the molecule is CCN(CC)Cc1nnn(-c2nonc2N)c1C(=O)N/N=C(/C)c1ccncc1. The molecule has 0 fully saturated rings. The molecule has 152 valence electrons. The number of pyridine rings is 1. The first-order valence-corrected chi connectivity index (χ1v) is 9.05. The van der Waals surface area contributed by atoms with E-state index in [0.29, 0.717) is 18.0 Å². The van der Waals surface area contributed by atoms with Crippen LogP contribution in [0.1, 0.15) is 42.5 Å². The Bertz CT molecular complexity index is 991. The minimum absolute atomic E-state index is 0.00481. The fourth-order valence-corrected chi connectivity index (χ4v) is 2.64. The van der Waals surface area contributed by atoms with E-state index in [9.17, 15) is 4.79 Å². The van der Waals surface area contributed by atoms with Gasteiger partial charge in [-0.25, -0.2) is 10.1 Å². The number of rotatable bonds is 8. The van der Waals surface area contributed by atoms with Crippen molar-refractivity contribution >= 4 is 17.4 Å². The largest absolute Gasteiger partial charge is 0.378 e. The van der Waals surface area contributed by atoms with Crippen LogP contribution in [0.2, 0.25) is 0 Å². The van der Waals surface area contributed by atoms with Crippen molar-refractivity contribution in [3.05, 3.63) is 41.5 Å². The molecule has 0 aliphatic rings. The van der Waals surface area contributed by atoms with Gasteiger partial charge in [0.2, 0.25) is 11.6 Å². The zero-order valence-electron chi connectivity index (χ0n) is 16.4. The Labute approximate surface area is 166 Å². The lowest BCUT2D eigenvalue weighted by Gasteiger charge is -2.16. The molecular weight excluding hydrogens is 376 g/mol.